The van der Waals surface area contributed by atoms with Crippen molar-refractivity contribution in [2.24, 2.45) is 5.92 Å². The minimum absolute atomic E-state index is 0.0224. The quantitative estimate of drug-likeness (QED) is 0.736. The SMILES string of the molecule is CNC(C#N)CN1CCC(C)CC1C. The van der Waals surface area contributed by atoms with Gasteiger partial charge in [0.25, 0.3) is 0 Å². The molecule has 0 saturated carbocycles. The van der Waals surface area contributed by atoms with Crippen molar-refractivity contribution in [3.05, 3.63) is 0 Å². The van der Waals surface area contributed by atoms with Gasteiger partial charge in [0, 0.05) is 12.6 Å². The van der Waals surface area contributed by atoms with Crippen LogP contribution in [0.25, 0.3) is 0 Å². The normalized spacial score (nSPS) is 31.0. The molecular formula is C11H21N3. The fraction of sp³-hybridized carbons (Fsp3) is 0.909. The second kappa shape index (κ2) is 5.33. The minimum Gasteiger partial charge on any atom is -0.304 e. The summed E-state index contributed by atoms with van der Waals surface area (Å²) in [6, 6.07) is 2.88. The number of nitrogens with zero attached hydrogens (tertiary/aromatic N) is 2. The third-order valence-electron chi connectivity index (χ3n) is 3.20. The molecule has 1 rings (SSSR count). The fourth-order valence-corrected chi connectivity index (χ4v) is 2.16. The molecule has 14 heavy (non-hydrogen) atoms. The molecule has 1 fully saturated rings. The lowest BCUT2D eigenvalue weighted by atomic mass is 9.93. The Hall–Kier alpha value is -0.590. The van der Waals surface area contributed by atoms with E-state index in [0.29, 0.717) is 6.04 Å². The van der Waals surface area contributed by atoms with Crippen LogP contribution in [0.5, 0.6) is 0 Å². The zero-order valence-corrected chi connectivity index (χ0v) is 9.45. The van der Waals surface area contributed by atoms with Gasteiger partial charge < -0.3 is 5.32 Å². The van der Waals surface area contributed by atoms with Crippen LogP contribution in [0.15, 0.2) is 0 Å². The molecule has 3 heteroatoms. The molecule has 0 bridgehead atoms. The van der Waals surface area contributed by atoms with Crippen LogP contribution in [0.2, 0.25) is 0 Å². The molecule has 1 heterocycles. The van der Waals surface area contributed by atoms with E-state index in [1.165, 1.54) is 12.8 Å². The van der Waals surface area contributed by atoms with Gasteiger partial charge in [-0.3, -0.25) is 4.90 Å². The fourth-order valence-electron chi connectivity index (χ4n) is 2.16. The van der Waals surface area contributed by atoms with Gasteiger partial charge in [-0.25, -0.2) is 0 Å². The van der Waals surface area contributed by atoms with E-state index in [9.17, 15) is 0 Å². The molecule has 3 nitrogen and oxygen atoms in total. The lowest BCUT2D eigenvalue weighted by Gasteiger charge is -2.37. The summed E-state index contributed by atoms with van der Waals surface area (Å²) in [5.74, 6) is 0.844. The predicted octanol–water partition coefficient (Wildman–Crippen LogP) is 1.22. The van der Waals surface area contributed by atoms with Gasteiger partial charge in [-0.2, -0.15) is 5.26 Å². The van der Waals surface area contributed by atoms with Gasteiger partial charge in [0.05, 0.1) is 6.07 Å². The van der Waals surface area contributed by atoms with Gasteiger partial charge in [-0.05, 0) is 39.3 Å². The predicted molar refractivity (Wildman–Crippen MR) is 57.9 cm³/mol. The highest BCUT2D eigenvalue weighted by Crippen LogP contribution is 2.21. The van der Waals surface area contributed by atoms with Crippen molar-refractivity contribution in [1.82, 2.24) is 10.2 Å². The first-order valence-electron chi connectivity index (χ1n) is 5.48. The van der Waals surface area contributed by atoms with Crippen molar-refractivity contribution in [2.75, 3.05) is 20.1 Å². The van der Waals surface area contributed by atoms with Gasteiger partial charge >= 0.3 is 0 Å². The summed E-state index contributed by atoms with van der Waals surface area (Å²) in [5.41, 5.74) is 0. The molecule has 0 aromatic carbocycles. The van der Waals surface area contributed by atoms with E-state index in [1.807, 2.05) is 7.05 Å². The number of nitriles is 1. The third kappa shape index (κ3) is 2.97. The first-order chi connectivity index (χ1) is 6.67. The minimum atomic E-state index is -0.0224. The highest BCUT2D eigenvalue weighted by molar-refractivity contribution is 4.92. The molecule has 3 unspecified atom stereocenters. The molecule has 80 valence electrons. The Kier molecular flexibility index (Phi) is 4.37. The van der Waals surface area contributed by atoms with Crippen molar-refractivity contribution in [3.63, 3.8) is 0 Å². The summed E-state index contributed by atoms with van der Waals surface area (Å²) in [6.45, 7) is 6.58. The monoisotopic (exact) mass is 195 g/mol. The van der Waals surface area contributed by atoms with Crippen LogP contribution < -0.4 is 5.32 Å². The van der Waals surface area contributed by atoms with Crippen molar-refractivity contribution < 1.29 is 0 Å². The van der Waals surface area contributed by atoms with Crippen molar-refractivity contribution >= 4 is 0 Å². The standard InChI is InChI=1S/C11H21N3/c1-9-4-5-14(10(2)6-9)8-11(7-12)13-3/h9-11,13H,4-6,8H2,1-3H3. The van der Waals surface area contributed by atoms with Crippen LogP contribution in [0, 0.1) is 17.2 Å². The van der Waals surface area contributed by atoms with E-state index in [0.717, 1.165) is 19.0 Å². The molecule has 1 aliphatic heterocycles. The van der Waals surface area contributed by atoms with E-state index < -0.39 is 0 Å². The first kappa shape index (κ1) is 11.5. The summed E-state index contributed by atoms with van der Waals surface area (Å²) in [5, 5.41) is 11.9. The average Bonchev–Trinajstić information content (AvgIpc) is 2.17. The second-order valence-electron chi connectivity index (χ2n) is 4.44. The van der Waals surface area contributed by atoms with Gasteiger partial charge in [0.2, 0.25) is 0 Å². The van der Waals surface area contributed by atoms with Crippen LogP contribution in [0.4, 0.5) is 0 Å². The van der Waals surface area contributed by atoms with E-state index in [4.69, 9.17) is 5.26 Å². The Morgan fingerprint density at radius 1 is 1.57 bits per heavy atom. The van der Waals surface area contributed by atoms with E-state index in [2.05, 4.69) is 30.1 Å². The number of likely N-dealkylation sites (N-methyl/N-ethyl adjacent to an activating group) is 1. The van der Waals surface area contributed by atoms with Crippen molar-refractivity contribution in [3.8, 4) is 6.07 Å². The lowest BCUT2D eigenvalue weighted by molar-refractivity contribution is 0.124. The number of piperidine rings is 1. The van der Waals surface area contributed by atoms with E-state index >= 15 is 0 Å². The summed E-state index contributed by atoms with van der Waals surface area (Å²) in [6.07, 6.45) is 2.54. The number of hydrogen-bond donors (Lipinski definition) is 1. The highest BCUT2D eigenvalue weighted by Gasteiger charge is 2.24. The summed E-state index contributed by atoms with van der Waals surface area (Å²) < 4.78 is 0. The molecule has 0 aromatic rings. The molecule has 1 aliphatic rings. The summed E-state index contributed by atoms with van der Waals surface area (Å²) >= 11 is 0. The molecule has 3 atom stereocenters. The molecule has 1 saturated heterocycles. The summed E-state index contributed by atoms with van der Waals surface area (Å²) in [7, 11) is 1.85. The number of nitrogens with one attached hydrogen (secondary N) is 1. The highest BCUT2D eigenvalue weighted by atomic mass is 15.2. The second-order valence-corrected chi connectivity index (χ2v) is 4.44. The van der Waals surface area contributed by atoms with Crippen molar-refractivity contribution in [1.29, 1.82) is 5.26 Å². The molecule has 0 aromatic heterocycles. The molecule has 0 spiro atoms. The maximum absolute atomic E-state index is 8.86. The molecular weight excluding hydrogens is 174 g/mol. The first-order valence-corrected chi connectivity index (χ1v) is 5.48. The Balaban J connectivity index is 2.41. The third-order valence-corrected chi connectivity index (χ3v) is 3.20. The summed E-state index contributed by atoms with van der Waals surface area (Å²) in [4.78, 5) is 2.42. The number of likely N-dealkylation sites (tertiary alicyclic amines) is 1. The van der Waals surface area contributed by atoms with Crippen LogP contribution in [-0.4, -0.2) is 37.1 Å². The topological polar surface area (TPSA) is 39.1 Å². The Morgan fingerprint density at radius 3 is 2.79 bits per heavy atom. The molecule has 0 radical (unpaired) electrons. The van der Waals surface area contributed by atoms with E-state index in [-0.39, 0.29) is 6.04 Å². The Morgan fingerprint density at radius 2 is 2.29 bits per heavy atom. The maximum Gasteiger partial charge on any atom is 0.108 e. The van der Waals surface area contributed by atoms with Crippen LogP contribution in [0.1, 0.15) is 26.7 Å². The zero-order chi connectivity index (χ0) is 10.6. The Labute approximate surface area is 87.1 Å². The van der Waals surface area contributed by atoms with Crippen LogP contribution in [0.3, 0.4) is 0 Å². The number of rotatable bonds is 3. The lowest BCUT2D eigenvalue weighted by Crippen LogP contribution is -2.46. The van der Waals surface area contributed by atoms with Crippen LogP contribution >= 0.6 is 0 Å². The van der Waals surface area contributed by atoms with Crippen LogP contribution in [-0.2, 0) is 0 Å². The molecule has 0 amide bonds. The van der Waals surface area contributed by atoms with Gasteiger partial charge in [0.15, 0.2) is 0 Å². The van der Waals surface area contributed by atoms with E-state index in [1.54, 1.807) is 0 Å². The average molecular weight is 195 g/mol. The zero-order valence-electron chi connectivity index (χ0n) is 9.45. The van der Waals surface area contributed by atoms with Gasteiger partial charge in [0.1, 0.15) is 6.04 Å². The molecule has 1 N–H and O–H groups in total. The molecule has 0 aliphatic carbocycles. The Bertz CT molecular complexity index is 209. The smallest absolute Gasteiger partial charge is 0.108 e. The number of hydrogen-bond acceptors (Lipinski definition) is 3. The van der Waals surface area contributed by atoms with Crippen molar-refractivity contribution in [2.45, 2.75) is 38.8 Å². The van der Waals surface area contributed by atoms with Gasteiger partial charge in [-0.15, -0.1) is 0 Å². The maximum atomic E-state index is 8.86. The van der Waals surface area contributed by atoms with Gasteiger partial charge in [-0.1, -0.05) is 6.92 Å². The largest absolute Gasteiger partial charge is 0.304 e.